The lowest BCUT2D eigenvalue weighted by molar-refractivity contribution is -0.0830. The van der Waals surface area contributed by atoms with Crippen LogP contribution in [-0.4, -0.2) is 41.8 Å². The molecule has 1 aliphatic carbocycles. The molecule has 0 aromatic heterocycles. The lowest BCUT2D eigenvalue weighted by Crippen LogP contribution is -2.44. The van der Waals surface area contributed by atoms with Crippen LogP contribution in [0.2, 0.25) is 0 Å². The zero-order valence-corrected chi connectivity index (χ0v) is 11.0. The van der Waals surface area contributed by atoms with Crippen LogP contribution in [0.5, 0.6) is 0 Å². The molecular formula is C11H22O4S. The van der Waals surface area contributed by atoms with Crippen LogP contribution in [0, 0.1) is 5.92 Å². The van der Waals surface area contributed by atoms with Crippen LogP contribution >= 0.6 is 0 Å². The van der Waals surface area contributed by atoms with Crippen molar-refractivity contribution in [1.82, 2.24) is 0 Å². The number of aliphatic hydroxyl groups excluding tert-OH is 1. The summed E-state index contributed by atoms with van der Waals surface area (Å²) in [6.07, 6.45) is 3.12. The zero-order valence-electron chi connectivity index (χ0n) is 10.2. The van der Waals surface area contributed by atoms with Crippen molar-refractivity contribution in [1.29, 1.82) is 0 Å². The molecule has 4 nitrogen and oxygen atoms in total. The summed E-state index contributed by atoms with van der Waals surface area (Å²) in [5.41, 5.74) is -1.16. The van der Waals surface area contributed by atoms with Crippen molar-refractivity contribution in [2.45, 2.75) is 56.5 Å². The summed E-state index contributed by atoms with van der Waals surface area (Å²) in [6.45, 7) is 3.11. The highest BCUT2D eigenvalue weighted by Gasteiger charge is 2.37. The topological polar surface area (TPSA) is 74.6 Å². The summed E-state index contributed by atoms with van der Waals surface area (Å²) in [6, 6.07) is 0. The van der Waals surface area contributed by atoms with Crippen molar-refractivity contribution in [2.75, 3.05) is 6.26 Å². The second-order valence-corrected chi connectivity index (χ2v) is 7.80. The van der Waals surface area contributed by atoms with Crippen LogP contribution in [0.1, 0.15) is 39.5 Å². The highest BCUT2D eigenvalue weighted by atomic mass is 32.2. The molecule has 0 bridgehead atoms. The van der Waals surface area contributed by atoms with E-state index in [1.807, 2.05) is 0 Å². The van der Waals surface area contributed by atoms with Gasteiger partial charge in [0.05, 0.1) is 17.0 Å². The fraction of sp³-hybridized carbons (Fsp3) is 1.00. The van der Waals surface area contributed by atoms with E-state index in [1.54, 1.807) is 13.8 Å². The molecule has 0 radical (unpaired) electrons. The third kappa shape index (κ3) is 3.43. The molecule has 0 aromatic rings. The molecule has 5 heteroatoms. The molecular weight excluding hydrogens is 228 g/mol. The lowest BCUT2D eigenvalue weighted by Gasteiger charge is -2.36. The Morgan fingerprint density at radius 1 is 1.31 bits per heavy atom. The Hall–Kier alpha value is -0.130. The zero-order chi connectivity index (χ0) is 12.6. The van der Waals surface area contributed by atoms with Gasteiger partial charge in [0.2, 0.25) is 0 Å². The van der Waals surface area contributed by atoms with E-state index in [0.29, 0.717) is 12.8 Å². The van der Waals surface area contributed by atoms with Crippen LogP contribution < -0.4 is 0 Å². The van der Waals surface area contributed by atoms with Gasteiger partial charge < -0.3 is 10.2 Å². The number of rotatable bonds is 3. The summed E-state index contributed by atoms with van der Waals surface area (Å²) >= 11 is 0. The minimum atomic E-state index is -3.03. The molecule has 2 N–H and O–H groups in total. The summed E-state index contributed by atoms with van der Waals surface area (Å²) in [7, 11) is -3.03. The second-order valence-electron chi connectivity index (χ2n) is 5.48. The average Bonchev–Trinajstić information content (AvgIpc) is 2.14. The molecule has 0 heterocycles. The minimum Gasteiger partial charge on any atom is -0.390 e. The fourth-order valence-electron chi connectivity index (χ4n) is 2.43. The Morgan fingerprint density at radius 3 is 2.31 bits per heavy atom. The molecule has 1 fully saturated rings. The molecule has 0 amide bonds. The Labute approximate surface area is 97.6 Å². The molecule has 3 unspecified atom stereocenters. The Balaban J connectivity index is 2.72. The van der Waals surface area contributed by atoms with Crippen molar-refractivity contribution in [2.24, 2.45) is 5.92 Å². The van der Waals surface area contributed by atoms with E-state index in [0.717, 1.165) is 12.8 Å². The quantitative estimate of drug-likeness (QED) is 0.774. The first-order valence-corrected chi connectivity index (χ1v) is 7.67. The van der Waals surface area contributed by atoms with E-state index in [1.165, 1.54) is 6.26 Å². The normalized spacial score (nSPS) is 30.1. The second kappa shape index (κ2) is 4.63. The smallest absolute Gasteiger partial charge is 0.150 e. The summed E-state index contributed by atoms with van der Waals surface area (Å²) in [5, 5.41) is 19.3. The van der Waals surface area contributed by atoms with Gasteiger partial charge in [-0.2, -0.15) is 0 Å². The van der Waals surface area contributed by atoms with Crippen LogP contribution in [0.15, 0.2) is 0 Å². The van der Waals surface area contributed by atoms with E-state index in [9.17, 15) is 18.6 Å². The third-order valence-corrected chi connectivity index (χ3v) is 5.08. The van der Waals surface area contributed by atoms with Crippen LogP contribution in [0.3, 0.4) is 0 Å². The monoisotopic (exact) mass is 250 g/mol. The molecule has 96 valence electrons. The molecule has 0 saturated heterocycles. The van der Waals surface area contributed by atoms with Gasteiger partial charge in [0, 0.05) is 6.26 Å². The molecule has 3 atom stereocenters. The van der Waals surface area contributed by atoms with Crippen molar-refractivity contribution in [3.05, 3.63) is 0 Å². The van der Waals surface area contributed by atoms with E-state index in [4.69, 9.17) is 0 Å². The van der Waals surface area contributed by atoms with Crippen LogP contribution in [0.25, 0.3) is 0 Å². The maximum atomic E-state index is 11.5. The predicted octanol–water partition coefficient (Wildman–Crippen LogP) is 0.722. The molecule has 1 saturated carbocycles. The van der Waals surface area contributed by atoms with E-state index in [-0.39, 0.29) is 11.2 Å². The van der Waals surface area contributed by atoms with Gasteiger partial charge in [0.15, 0.2) is 0 Å². The summed E-state index contributed by atoms with van der Waals surface area (Å²) in [5.74, 6) is -0.117. The average molecular weight is 250 g/mol. The van der Waals surface area contributed by atoms with Crippen LogP contribution in [0.4, 0.5) is 0 Å². The van der Waals surface area contributed by atoms with Gasteiger partial charge in [-0.15, -0.1) is 0 Å². The first kappa shape index (κ1) is 13.9. The van der Waals surface area contributed by atoms with Crippen molar-refractivity contribution >= 4 is 9.84 Å². The van der Waals surface area contributed by atoms with Crippen molar-refractivity contribution in [3.8, 4) is 0 Å². The Bertz CT molecular complexity index is 328. The first-order valence-electron chi connectivity index (χ1n) is 5.71. The maximum absolute atomic E-state index is 11.5. The van der Waals surface area contributed by atoms with Gasteiger partial charge in [-0.3, -0.25) is 0 Å². The fourth-order valence-corrected chi connectivity index (χ4v) is 3.63. The number of hydrogen-bond acceptors (Lipinski definition) is 4. The summed E-state index contributed by atoms with van der Waals surface area (Å²) < 4.78 is 22.9. The lowest BCUT2D eigenvalue weighted by atomic mass is 9.79. The highest BCUT2D eigenvalue weighted by molar-refractivity contribution is 7.91. The third-order valence-electron chi connectivity index (χ3n) is 3.44. The van der Waals surface area contributed by atoms with Gasteiger partial charge >= 0.3 is 0 Å². The van der Waals surface area contributed by atoms with Gasteiger partial charge in [-0.1, -0.05) is 6.42 Å². The van der Waals surface area contributed by atoms with Gasteiger partial charge in [-0.25, -0.2) is 8.42 Å². The van der Waals surface area contributed by atoms with Crippen molar-refractivity contribution < 1.29 is 18.6 Å². The van der Waals surface area contributed by atoms with Gasteiger partial charge in [-0.05, 0) is 39.0 Å². The Kier molecular flexibility index (Phi) is 4.03. The predicted molar refractivity (Wildman–Crippen MR) is 62.9 cm³/mol. The largest absolute Gasteiger partial charge is 0.390 e. The number of sulfone groups is 1. The minimum absolute atomic E-state index is 0.117. The van der Waals surface area contributed by atoms with E-state index >= 15 is 0 Å². The first-order chi connectivity index (χ1) is 7.12. The Morgan fingerprint density at radius 2 is 1.88 bits per heavy atom. The van der Waals surface area contributed by atoms with E-state index in [2.05, 4.69) is 0 Å². The molecule has 0 aliphatic heterocycles. The summed E-state index contributed by atoms with van der Waals surface area (Å²) in [4.78, 5) is 0. The van der Waals surface area contributed by atoms with Crippen molar-refractivity contribution in [3.63, 3.8) is 0 Å². The number of hydrogen-bond donors (Lipinski definition) is 2. The van der Waals surface area contributed by atoms with Gasteiger partial charge in [0.25, 0.3) is 0 Å². The molecule has 16 heavy (non-hydrogen) atoms. The molecule has 1 rings (SSSR count). The van der Waals surface area contributed by atoms with E-state index < -0.39 is 21.5 Å². The standard InChI is InChI=1S/C11H22O4S/c1-11(2,13)10(12)8-5-4-6-9(7-8)16(3,14)15/h8-10,12-13H,4-7H2,1-3H3. The highest BCUT2D eigenvalue weighted by Crippen LogP contribution is 2.33. The maximum Gasteiger partial charge on any atom is 0.150 e. The molecule has 0 aromatic carbocycles. The number of aliphatic hydroxyl groups is 2. The SMILES string of the molecule is CC(C)(O)C(O)C1CCCC(S(C)(=O)=O)C1. The van der Waals surface area contributed by atoms with Gasteiger partial charge in [0.1, 0.15) is 9.84 Å². The molecule has 0 spiro atoms. The molecule has 1 aliphatic rings. The van der Waals surface area contributed by atoms with Crippen LogP contribution in [-0.2, 0) is 9.84 Å².